The fraction of sp³-hybridized carbons (Fsp3) is 0.778. The Labute approximate surface area is 94.4 Å². The Hall–Kier alpha value is -0.750. The largest absolute Gasteiger partial charge is 0.406 e. The summed E-state index contributed by atoms with van der Waals surface area (Å²) in [6.07, 6.45) is 3.19. The Balaban J connectivity index is 2.33. The Bertz CT molecular complexity index is 279. The van der Waals surface area contributed by atoms with Crippen LogP contribution in [0.1, 0.15) is 25.3 Å². The highest BCUT2D eigenvalue weighted by molar-refractivity contribution is 7.98. The number of nitrogens with one attached hydrogen (secondary N) is 2. The third-order valence-corrected chi connectivity index (χ3v) is 2.74. The number of nitrogens with zero attached hydrogens (tertiary/aromatic N) is 2. The molecular formula is C9H18N4OS. The van der Waals surface area contributed by atoms with Crippen LogP contribution in [0.5, 0.6) is 0 Å². The second-order valence-electron chi connectivity index (χ2n) is 3.23. The van der Waals surface area contributed by atoms with Gasteiger partial charge in [0.05, 0.1) is 6.04 Å². The van der Waals surface area contributed by atoms with Gasteiger partial charge in [-0.1, -0.05) is 5.10 Å². The van der Waals surface area contributed by atoms with Crippen LogP contribution in [0, 0.1) is 0 Å². The van der Waals surface area contributed by atoms with E-state index in [4.69, 9.17) is 4.42 Å². The first-order valence-electron chi connectivity index (χ1n) is 5.01. The molecule has 0 radical (unpaired) electrons. The van der Waals surface area contributed by atoms with E-state index in [-0.39, 0.29) is 6.04 Å². The minimum Gasteiger partial charge on any atom is -0.406 e. The van der Waals surface area contributed by atoms with Gasteiger partial charge in [0.2, 0.25) is 5.89 Å². The van der Waals surface area contributed by atoms with Crippen molar-refractivity contribution in [1.82, 2.24) is 15.5 Å². The second kappa shape index (κ2) is 6.68. The van der Waals surface area contributed by atoms with Gasteiger partial charge >= 0.3 is 6.01 Å². The lowest BCUT2D eigenvalue weighted by atomic mass is 10.3. The van der Waals surface area contributed by atoms with Crippen LogP contribution in [0.2, 0.25) is 0 Å². The molecule has 0 saturated carbocycles. The average Bonchev–Trinajstić information content (AvgIpc) is 2.72. The van der Waals surface area contributed by atoms with Gasteiger partial charge < -0.3 is 15.1 Å². The molecule has 0 spiro atoms. The van der Waals surface area contributed by atoms with E-state index in [0.717, 1.165) is 18.7 Å². The Morgan fingerprint density at radius 1 is 1.47 bits per heavy atom. The van der Waals surface area contributed by atoms with Crippen molar-refractivity contribution in [3.63, 3.8) is 0 Å². The molecule has 0 aliphatic rings. The first kappa shape index (κ1) is 12.3. The first-order chi connectivity index (χ1) is 7.27. The number of anilines is 1. The summed E-state index contributed by atoms with van der Waals surface area (Å²) in [5.41, 5.74) is 0. The van der Waals surface area contributed by atoms with Crippen LogP contribution in [-0.2, 0) is 0 Å². The predicted molar refractivity (Wildman–Crippen MR) is 63.3 cm³/mol. The molecule has 0 aliphatic heterocycles. The number of thioether (sulfide) groups is 1. The fourth-order valence-corrected chi connectivity index (χ4v) is 1.45. The maximum Gasteiger partial charge on any atom is 0.315 e. The van der Waals surface area contributed by atoms with Crippen molar-refractivity contribution in [3.8, 4) is 0 Å². The molecule has 0 amide bonds. The van der Waals surface area contributed by atoms with Crippen molar-refractivity contribution in [2.45, 2.75) is 19.4 Å². The SMILES string of the molecule is CNC(C)c1nnc(NCCCSC)o1. The van der Waals surface area contributed by atoms with E-state index in [1.54, 1.807) is 0 Å². The molecule has 86 valence electrons. The molecule has 6 heteroatoms. The molecule has 2 N–H and O–H groups in total. The van der Waals surface area contributed by atoms with Crippen LogP contribution in [-0.4, -0.2) is 35.8 Å². The fourth-order valence-electron chi connectivity index (χ4n) is 1.02. The Kier molecular flexibility index (Phi) is 5.49. The first-order valence-corrected chi connectivity index (χ1v) is 6.40. The molecule has 0 fully saturated rings. The molecule has 0 saturated heterocycles. The van der Waals surface area contributed by atoms with E-state index in [1.807, 2.05) is 25.7 Å². The molecular weight excluding hydrogens is 212 g/mol. The number of aromatic nitrogens is 2. The van der Waals surface area contributed by atoms with Crippen LogP contribution in [0.25, 0.3) is 0 Å². The standard InChI is InChI=1S/C9H18N4OS/c1-7(10-2)8-12-13-9(14-8)11-5-4-6-15-3/h7,10H,4-6H2,1-3H3,(H,11,13). The summed E-state index contributed by atoms with van der Waals surface area (Å²) < 4.78 is 5.41. The molecule has 0 aliphatic carbocycles. The Morgan fingerprint density at radius 2 is 2.27 bits per heavy atom. The highest BCUT2D eigenvalue weighted by Gasteiger charge is 2.10. The molecule has 5 nitrogen and oxygen atoms in total. The monoisotopic (exact) mass is 230 g/mol. The highest BCUT2D eigenvalue weighted by Crippen LogP contribution is 2.12. The lowest BCUT2D eigenvalue weighted by Crippen LogP contribution is -2.12. The van der Waals surface area contributed by atoms with E-state index >= 15 is 0 Å². The maximum absolute atomic E-state index is 5.41. The van der Waals surface area contributed by atoms with E-state index in [2.05, 4.69) is 27.1 Å². The third kappa shape index (κ3) is 4.09. The van der Waals surface area contributed by atoms with Crippen LogP contribution >= 0.6 is 11.8 Å². The molecule has 0 aromatic carbocycles. The van der Waals surface area contributed by atoms with Crippen molar-refractivity contribution >= 4 is 17.8 Å². The number of hydrogen-bond donors (Lipinski definition) is 2. The molecule has 1 heterocycles. The van der Waals surface area contributed by atoms with Crippen LogP contribution in [0.4, 0.5) is 6.01 Å². The van der Waals surface area contributed by atoms with Gasteiger partial charge in [0.1, 0.15) is 0 Å². The molecule has 1 rings (SSSR count). The van der Waals surface area contributed by atoms with E-state index in [9.17, 15) is 0 Å². The van der Waals surface area contributed by atoms with Crippen molar-refractivity contribution in [1.29, 1.82) is 0 Å². The molecule has 1 aromatic heterocycles. The average molecular weight is 230 g/mol. The van der Waals surface area contributed by atoms with Crippen molar-refractivity contribution in [3.05, 3.63) is 5.89 Å². The second-order valence-corrected chi connectivity index (χ2v) is 4.21. The van der Waals surface area contributed by atoms with Crippen molar-refractivity contribution in [2.24, 2.45) is 0 Å². The van der Waals surface area contributed by atoms with E-state index in [1.165, 1.54) is 0 Å². The van der Waals surface area contributed by atoms with Gasteiger partial charge in [-0.25, -0.2) is 0 Å². The molecule has 1 atom stereocenters. The summed E-state index contributed by atoms with van der Waals surface area (Å²) >= 11 is 1.83. The number of hydrogen-bond acceptors (Lipinski definition) is 6. The van der Waals surface area contributed by atoms with Crippen LogP contribution < -0.4 is 10.6 Å². The zero-order valence-corrected chi connectivity index (χ0v) is 10.2. The quantitative estimate of drug-likeness (QED) is 0.692. The molecule has 0 bridgehead atoms. The minimum atomic E-state index is 0.0965. The predicted octanol–water partition coefficient (Wildman–Crippen LogP) is 1.51. The summed E-state index contributed by atoms with van der Waals surface area (Å²) in [6, 6.07) is 0.604. The van der Waals surface area contributed by atoms with Gasteiger partial charge in [-0.05, 0) is 32.4 Å². The van der Waals surface area contributed by atoms with Crippen molar-refractivity contribution < 1.29 is 4.42 Å². The van der Waals surface area contributed by atoms with Gasteiger partial charge in [-0.2, -0.15) is 11.8 Å². The van der Waals surface area contributed by atoms with Crippen LogP contribution in [0.15, 0.2) is 4.42 Å². The van der Waals surface area contributed by atoms with Crippen LogP contribution in [0.3, 0.4) is 0 Å². The maximum atomic E-state index is 5.41. The molecule has 1 unspecified atom stereocenters. The van der Waals surface area contributed by atoms with Gasteiger partial charge in [0.25, 0.3) is 0 Å². The third-order valence-electron chi connectivity index (χ3n) is 2.05. The highest BCUT2D eigenvalue weighted by atomic mass is 32.2. The summed E-state index contributed by atoms with van der Waals surface area (Å²) in [5.74, 6) is 1.76. The summed E-state index contributed by atoms with van der Waals surface area (Å²) in [4.78, 5) is 0. The van der Waals surface area contributed by atoms with Gasteiger partial charge in [-0.15, -0.1) is 5.10 Å². The zero-order chi connectivity index (χ0) is 11.1. The van der Waals surface area contributed by atoms with E-state index in [0.29, 0.717) is 11.9 Å². The lowest BCUT2D eigenvalue weighted by Gasteiger charge is -2.02. The number of rotatable bonds is 7. The topological polar surface area (TPSA) is 63.0 Å². The van der Waals surface area contributed by atoms with E-state index < -0.39 is 0 Å². The van der Waals surface area contributed by atoms with Gasteiger partial charge in [0, 0.05) is 6.54 Å². The van der Waals surface area contributed by atoms with Gasteiger partial charge in [-0.3, -0.25) is 0 Å². The smallest absolute Gasteiger partial charge is 0.315 e. The summed E-state index contributed by atoms with van der Waals surface area (Å²) in [6.45, 7) is 2.85. The zero-order valence-electron chi connectivity index (χ0n) is 9.41. The van der Waals surface area contributed by atoms with Gasteiger partial charge in [0.15, 0.2) is 0 Å². The molecule has 15 heavy (non-hydrogen) atoms. The normalized spacial score (nSPS) is 12.7. The Morgan fingerprint density at radius 3 is 2.93 bits per heavy atom. The minimum absolute atomic E-state index is 0.0965. The summed E-state index contributed by atoms with van der Waals surface area (Å²) in [5, 5.41) is 14.0. The van der Waals surface area contributed by atoms with Crippen molar-refractivity contribution in [2.75, 3.05) is 30.9 Å². The summed E-state index contributed by atoms with van der Waals surface area (Å²) in [7, 11) is 1.86. The molecule has 1 aromatic rings. The lowest BCUT2D eigenvalue weighted by molar-refractivity contribution is 0.441.